The molecule has 31 heavy (non-hydrogen) atoms. The Bertz CT molecular complexity index is 1030. The van der Waals surface area contributed by atoms with Gasteiger partial charge in [-0.25, -0.2) is 9.97 Å². The minimum Gasteiger partial charge on any atom is -0.356 e. The number of nitrogens with two attached hydrogens (primary N) is 1. The lowest BCUT2D eigenvalue weighted by Crippen LogP contribution is -2.44. The molecule has 2 aromatic rings. The van der Waals surface area contributed by atoms with Crippen LogP contribution >= 0.6 is 11.6 Å². The van der Waals surface area contributed by atoms with Gasteiger partial charge < -0.3 is 16.0 Å². The molecule has 1 amide bonds. The lowest BCUT2D eigenvalue weighted by molar-refractivity contribution is -0.131. The van der Waals surface area contributed by atoms with Crippen LogP contribution in [-0.4, -0.2) is 35.5 Å². The summed E-state index contributed by atoms with van der Waals surface area (Å²) in [6.45, 7) is 4.56. The molecule has 8 heteroatoms. The third-order valence-corrected chi connectivity index (χ3v) is 6.89. The van der Waals surface area contributed by atoms with Crippen molar-refractivity contribution in [2.45, 2.75) is 39.2 Å². The van der Waals surface area contributed by atoms with Crippen molar-refractivity contribution in [3.05, 3.63) is 40.5 Å². The number of carbonyl (C=O) groups is 1. The molecule has 2 heterocycles. The van der Waals surface area contributed by atoms with Crippen molar-refractivity contribution >= 4 is 23.3 Å². The summed E-state index contributed by atoms with van der Waals surface area (Å²) in [4.78, 5) is 24.2. The number of aromatic nitrogens is 2. The fourth-order valence-corrected chi connectivity index (χ4v) is 4.33. The van der Waals surface area contributed by atoms with Gasteiger partial charge in [-0.3, -0.25) is 4.79 Å². The summed E-state index contributed by atoms with van der Waals surface area (Å²) in [6, 6.07) is 7.98. The van der Waals surface area contributed by atoms with E-state index >= 15 is 0 Å². The second kappa shape index (κ2) is 8.81. The second-order valence-electron chi connectivity index (χ2n) is 8.57. The minimum absolute atomic E-state index is 0.206. The summed E-state index contributed by atoms with van der Waals surface area (Å²) < 4.78 is 0. The average Bonchev–Trinajstić information content (AvgIpc) is 3.23. The molecule has 1 atom stereocenters. The number of nitrogens with one attached hydrogen (secondary N) is 1. The molecule has 4 rings (SSSR count). The van der Waals surface area contributed by atoms with E-state index in [0.717, 1.165) is 48.4 Å². The van der Waals surface area contributed by atoms with Gasteiger partial charge in [0.2, 0.25) is 5.91 Å². The van der Waals surface area contributed by atoms with Gasteiger partial charge in [0.1, 0.15) is 11.2 Å². The first-order chi connectivity index (χ1) is 15.0. The van der Waals surface area contributed by atoms with E-state index in [0.29, 0.717) is 36.2 Å². The highest BCUT2D eigenvalue weighted by Gasteiger charge is 2.44. The molecule has 1 unspecified atom stereocenters. The van der Waals surface area contributed by atoms with Crippen molar-refractivity contribution in [2.24, 2.45) is 17.1 Å². The third-order valence-electron chi connectivity index (χ3n) is 6.49. The Hall–Kier alpha value is -2.69. The van der Waals surface area contributed by atoms with Crippen molar-refractivity contribution in [3.63, 3.8) is 0 Å². The van der Waals surface area contributed by atoms with Crippen LogP contribution in [0.4, 0.5) is 5.82 Å². The van der Waals surface area contributed by atoms with Crippen LogP contribution in [0.1, 0.15) is 36.8 Å². The van der Waals surface area contributed by atoms with Crippen LogP contribution in [0.3, 0.4) is 0 Å². The number of amides is 1. The second-order valence-corrected chi connectivity index (χ2v) is 8.98. The van der Waals surface area contributed by atoms with Crippen LogP contribution in [0.15, 0.2) is 24.4 Å². The topological polar surface area (TPSA) is 108 Å². The first kappa shape index (κ1) is 21.5. The maximum atomic E-state index is 12.6. The van der Waals surface area contributed by atoms with E-state index < -0.39 is 5.41 Å². The number of hydrogen-bond acceptors (Lipinski definition) is 6. The van der Waals surface area contributed by atoms with Crippen molar-refractivity contribution < 1.29 is 4.79 Å². The summed E-state index contributed by atoms with van der Waals surface area (Å²) in [6.07, 6.45) is 4.93. The zero-order valence-electron chi connectivity index (χ0n) is 17.7. The molecule has 2 aliphatic rings. The Morgan fingerprint density at radius 1 is 1.45 bits per heavy atom. The largest absolute Gasteiger partial charge is 0.356 e. The minimum atomic E-state index is -0.877. The molecule has 3 N–H and O–H groups in total. The zero-order valence-corrected chi connectivity index (χ0v) is 18.5. The molecule has 7 nitrogen and oxygen atoms in total. The predicted molar refractivity (Wildman–Crippen MR) is 120 cm³/mol. The molecule has 1 aromatic heterocycles. The van der Waals surface area contributed by atoms with Gasteiger partial charge in [-0.15, -0.1) is 0 Å². The first-order valence-corrected chi connectivity index (χ1v) is 11.1. The molecule has 1 aliphatic heterocycles. The van der Waals surface area contributed by atoms with E-state index in [-0.39, 0.29) is 12.5 Å². The first-order valence-electron chi connectivity index (χ1n) is 10.7. The Kier molecular flexibility index (Phi) is 6.12. The van der Waals surface area contributed by atoms with E-state index in [4.69, 9.17) is 22.3 Å². The lowest BCUT2D eigenvalue weighted by atomic mass is 9.69. The predicted octanol–water partition coefficient (Wildman–Crippen LogP) is 3.20. The molecule has 1 aromatic carbocycles. The summed E-state index contributed by atoms with van der Waals surface area (Å²) in [5.74, 6) is 1.61. The van der Waals surface area contributed by atoms with Crippen LogP contribution in [-0.2, 0) is 11.3 Å². The summed E-state index contributed by atoms with van der Waals surface area (Å²) in [7, 11) is 0. The number of nitrogens with zero attached hydrogens (tertiary/aromatic N) is 4. The highest BCUT2D eigenvalue weighted by atomic mass is 35.5. The van der Waals surface area contributed by atoms with Gasteiger partial charge in [0.15, 0.2) is 5.82 Å². The van der Waals surface area contributed by atoms with Crippen molar-refractivity contribution in [3.8, 4) is 17.5 Å². The van der Waals surface area contributed by atoms with Gasteiger partial charge in [-0.05, 0) is 56.7 Å². The lowest BCUT2D eigenvalue weighted by Gasteiger charge is -2.33. The normalized spacial score (nSPS) is 19.5. The van der Waals surface area contributed by atoms with E-state index in [2.05, 4.69) is 21.3 Å². The molecule has 0 spiro atoms. The zero-order chi connectivity index (χ0) is 22.0. The number of carbonyl (C=O) groups excluding carboxylic acids is 1. The summed E-state index contributed by atoms with van der Waals surface area (Å²) >= 11 is 6.31. The monoisotopic (exact) mass is 438 g/mol. The van der Waals surface area contributed by atoms with Gasteiger partial charge in [0.25, 0.3) is 0 Å². The Labute approximate surface area is 187 Å². The SMILES string of the molecule is Cc1ccc(-c2ncc(CNC(=O)C3(C#N)CCC3)c(N3CCC(CN)C3)n2)cc1Cl. The molecule has 1 saturated heterocycles. The number of nitriles is 1. The van der Waals surface area contributed by atoms with Crippen LogP contribution < -0.4 is 16.0 Å². The number of rotatable bonds is 6. The van der Waals surface area contributed by atoms with Gasteiger partial charge in [0.05, 0.1) is 6.07 Å². The van der Waals surface area contributed by atoms with Crippen LogP contribution in [0.25, 0.3) is 11.4 Å². The molecular formula is C23H27ClN6O. The quantitative estimate of drug-likeness (QED) is 0.716. The van der Waals surface area contributed by atoms with Crippen molar-refractivity contribution in [2.75, 3.05) is 24.5 Å². The maximum absolute atomic E-state index is 12.6. The van der Waals surface area contributed by atoms with E-state index in [1.807, 2.05) is 25.1 Å². The van der Waals surface area contributed by atoms with E-state index in [9.17, 15) is 10.1 Å². The molecule has 2 fully saturated rings. The number of benzene rings is 1. The van der Waals surface area contributed by atoms with Gasteiger partial charge in [0, 0.05) is 42.0 Å². The number of aryl methyl sites for hydroxylation is 1. The molecular weight excluding hydrogens is 412 g/mol. The maximum Gasteiger partial charge on any atom is 0.240 e. The van der Waals surface area contributed by atoms with Crippen molar-refractivity contribution in [1.82, 2.24) is 15.3 Å². The number of halogens is 1. The molecule has 1 saturated carbocycles. The molecule has 1 aliphatic carbocycles. The highest BCUT2D eigenvalue weighted by Crippen LogP contribution is 2.40. The fourth-order valence-electron chi connectivity index (χ4n) is 4.15. The highest BCUT2D eigenvalue weighted by molar-refractivity contribution is 6.31. The third kappa shape index (κ3) is 4.23. The van der Waals surface area contributed by atoms with Gasteiger partial charge in [-0.1, -0.05) is 23.7 Å². The Morgan fingerprint density at radius 3 is 2.87 bits per heavy atom. The van der Waals surface area contributed by atoms with Gasteiger partial charge >= 0.3 is 0 Å². The standard InChI is InChI=1S/C23H27ClN6O/c1-15-3-4-17(9-19(15)24)20-27-11-18(12-28-22(31)23(14-26)6-2-7-23)21(29-20)30-8-5-16(10-25)13-30/h3-4,9,11,16H,2,5-8,10,12-13,25H2,1H3,(H,28,31). The Morgan fingerprint density at radius 2 is 2.26 bits per heavy atom. The van der Waals surface area contributed by atoms with Crippen molar-refractivity contribution in [1.29, 1.82) is 5.26 Å². The Balaban J connectivity index is 1.61. The molecule has 0 bridgehead atoms. The van der Waals surface area contributed by atoms with Gasteiger partial charge in [-0.2, -0.15) is 5.26 Å². The summed E-state index contributed by atoms with van der Waals surface area (Å²) in [5.41, 5.74) is 7.69. The summed E-state index contributed by atoms with van der Waals surface area (Å²) in [5, 5.41) is 13.0. The number of hydrogen-bond donors (Lipinski definition) is 2. The number of anilines is 1. The van der Waals surface area contributed by atoms with E-state index in [1.54, 1.807) is 6.20 Å². The fraction of sp³-hybridized carbons (Fsp3) is 0.478. The van der Waals surface area contributed by atoms with Crippen LogP contribution in [0, 0.1) is 29.6 Å². The molecule has 0 radical (unpaired) electrons. The van der Waals surface area contributed by atoms with Crippen LogP contribution in [0.2, 0.25) is 5.02 Å². The van der Waals surface area contributed by atoms with Crippen LogP contribution in [0.5, 0.6) is 0 Å². The average molecular weight is 439 g/mol. The molecule has 162 valence electrons. The smallest absolute Gasteiger partial charge is 0.240 e. The van der Waals surface area contributed by atoms with E-state index in [1.165, 1.54) is 0 Å².